The second-order valence-electron chi connectivity index (χ2n) is 4.65. The van der Waals surface area contributed by atoms with Crippen LogP contribution in [0.4, 0.5) is 0 Å². The summed E-state index contributed by atoms with van der Waals surface area (Å²) in [5, 5.41) is 2.85. The lowest BCUT2D eigenvalue weighted by molar-refractivity contribution is -0.644. The average molecular weight is 397 g/mol. The van der Waals surface area contributed by atoms with Crippen molar-refractivity contribution in [3.63, 3.8) is 0 Å². The molecule has 20 heavy (non-hydrogen) atoms. The highest BCUT2D eigenvalue weighted by molar-refractivity contribution is 6.37. The van der Waals surface area contributed by atoms with Gasteiger partial charge in [-0.25, -0.2) is 4.98 Å². The summed E-state index contributed by atoms with van der Waals surface area (Å²) in [5.41, 5.74) is 3.85. The lowest BCUT2D eigenvalue weighted by Crippen LogP contribution is -3.00. The van der Waals surface area contributed by atoms with Crippen LogP contribution >= 0.6 is 11.6 Å². The Morgan fingerprint density at radius 1 is 1.30 bits per heavy atom. The molecule has 0 aliphatic heterocycles. The summed E-state index contributed by atoms with van der Waals surface area (Å²) in [6.07, 6.45) is 3.79. The SMILES string of the molecule is C=Cc1c(C)nc2c(ccc3ccc[n+](C)c32)c1Cl.[I-]. The topological polar surface area (TPSA) is 16.8 Å². The van der Waals surface area contributed by atoms with E-state index in [1.807, 2.05) is 32.3 Å². The molecule has 0 spiro atoms. The maximum atomic E-state index is 6.48. The third-order valence-corrected chi connectivity index (χ3v) is 3.87. The highest BCUT2D eigenvalue weighted by atomic mass is 127. The fraction of sp³-hybridized carbons (Fsp3) is 0.125. The fourth-order valence-corrected chi connectivity index (χ4v) is 2.88. The van der Waals surface area contributed by atoms with Crippen LogP contribution in [0.1, 0.15) is 11.3 Å². The van der Waals surface area contributed by atoms with Gasteiger partial charge in [0.05, 0.1) is 5.02 Å². The molecule has 0 atom stereocenters. The van der Waals surface area contributed by atoms with Crippen LogP contribution in [0.15, 0.2) is 37.0 Å². The third-order valence-electron chi connectivity index (χ3n) is 3.47. The summed E-state index contributed by atoms with van der Waals surface area (Å²) in [6, 6.07) is 8.22. The van der Waals surface area contributed by atoms with Gasteiger partial charge in [0.25, 0.3) is 0 Å². The van der Waals surface area contributed by atoms with Gasteiger partial charge in [0.2, 0.25) is 5.52 Å². The van der Waals surface area contributed by atoms with Crippen molar-refractivity contribution in [2.45, 2.75) is 6.92 Å². The molecule has 3 aromatic rings. The first-order valence-electron chi connectivity index (χ1n) is 6.13. The van der Waals surface area contributed by atoms with Crippen molar-refractivity contribution in [1.29, 1.82) is 0 Å². The Morgan fingerprint density at radius 2 is 2.05 bits per heavy atom. The lowest BCUT2D eigenvalue weighted by atomic mass is 10.1. The van der Waals surface area contributed by atoms with Gasteiger partial charge in [-0.05, 0) is 19.1 Å². The number of aromatic nitrogens is 2. The van der Waals surface area contributed by atoms with Crippen LogP contribution in [0.5, 0.6) is 0 Å². The van der Waals surface area contributed by atoms with E-state index in [0.29, 0.717) is 0 Å². The molecule has 0 N–H and O–H groups in total. The molecule has 0 bridgehead atoms. The van der Waals surface area contributed by atoms with Crippen molar-refractivity contribution in [2.24, 2.45) is 7.05 Å². The number of hydrogen-bond donors (Lipinski definition) is 0. The van der Waals surface area contributed by atoms with Crippen LogP contribution in [0, 0.1) is 6.92 Å². The van der Waals surface area contributed by atoms with Crippen molar-refractivity contribution in [3.8, 4) is 0 Å². The molecule has 0 unspecified atom stereocenters. The van der Waals surface area contributed by atoms with Crippen LogP contribution in [-0.4, -0.2) is 4.98 Å². The van der Waals surface area contributed by atoms with Crippen LogP contribution in [0.3, 0.4) is 0 Å². The van der Waals surface area contributed by atoms with E-state index in [1.165, 1.54) is 0 Å². The second kappa shape index (κ2) is 5.66. The van der Waals surface area contributed by atoms with Crippen molar-refractivity contribution in [2.75, 3.05) is 0 Å². The summed E-state index contributed by atoms with van der Waals surface area (Å²) in [6.45, 7) is 5.77. The zero-order valence-electron chi connectivity index (χ0n) is 11.3. The van der Waals surface area contributed by atoms with Crippen LogP contribution in [0.2, 0.25) is 5.02 Å². The smallest absolute Gasteiger partial charge is 0.238 e. The molecule has 0 fully saturated rings. The van der Waals surface area contributed by atoms with E-state index < -0.39 is 0 Å². The normalized spacial score (nSPS) is 10.6. The molecular weight excluding hydrogens is 383 g/mol. The maximum Gasteiger partial charge on any atom is 0.238 e. The quantitative estimate of drug-likeness (QED) is 0.338. The molecule has 2 nitrogen and oxygen atoms in total. The number of aryl methyl sites for hydroxylation is 2. The molecule has 1 aromatic carbocycles. The molecule has 2 aromatic heterocycles. The fourth-order valence-electron chi connectivity index (χ4n) is 2.51. The van der Waals surface area contributed by atoms with E-state index in [-0.39, 0.29) is 24.0 Å². The maximum absolute atomic E-state index is 6.48. The standard InChI is InChI=1S/C16H14ClN2.HI/c1-4-12-10(2)18-15-13(14(12)17)8-7-11-6-5-9-19(3)16(11)15;/h4-9H,1H2,2-3H3;1H/q+1;/p-1. The van der Waals surface area contributed by atoms with Gasteiger partial charge < -0.3 is 24.0 Å². The van der Waals surface area contributed by atoms with Gasteiger partial charge in [0, 0.05) is 28.1 Å². The van der Waals surface area contributed by atoms with Crippen LogP contribution in [0.25, 0.3) is 27.9 Å². The predicted octanol–water partition coefficient (Wildman–Crippen LogP) is 0.821. The van der Waals surface area contributed by atoms with Crippen molar-refractivity contribution in [1.82, 2.24) is 4.98 Å². The van der Waals surface area contributed by atoms with E-state index in [9.17, 15) is 0 Å². The average Bonchev–Trinajstić information content (AvgIpc) is 2.39. The predicted molar refractivity (Wildman–Crippen MR) is 80.3 cm³/mol. The third kappa shape index (κ3) is 2.19. The number of fused-ring (bicyclic) bond motifs is 3. The molecule has 4 heteroatoms. The van der Waals surface area contributed by atoms with Gasteiger partial charge >= 0.3 is 0 Å². The van der Waals surface area contributed by atoms with Gasteiger partial charge in [-0.2, -0.15) is 4.57 Å². The Hall–Kier alpha value is -1.20. The van der Waals surface area contributed by atoms with E-state index >= 15 is 0 Å². The zero-order valence-corrected chi connectivity index (χ0v) is 14.2. The second-order valence-corrected chi connectivity index (χ2v) is 5.03. The zero-order chi connectivity index (χ0) is 13.6. The molecule has 3 rings (SSSR count). The summed E-state index contributed by atoms with van der Waals surface area (Å²) in [7, 11) is 2.02. The van der Waals surface area contributed by atoms with Crippen molar-refractivity contribution < 1.29 is 28.5 Å². The Balaban J connectivity index is 0.00000147. The van der Waals surface area contributed by atoms with Crippen LogP contribution < -0.4 is 28.5 Å². The van der Waals surface area contributed by atoms with Crippen molar-refractivity contribution in [3.05, 3.63) is 53.3 Å². The number of halogens is 2. The van der Waals surface area contributed by atoms with E-state index in [2.05, 4.69) is 23.3 Å². The van der Waals surface area contributed by atoms with Gasteiger partial charge in [-0.1, -0.05) is 30.3 Å². The Labute approximate surface area is 140 Å². The summed E-state index contributed by atoms with van der Waals surface area (Å²) in [4.78, 5) is 4.72. The number of benzene rings is 1. The number of nitrogens with zero attached hydrogens (tertiary/aromatic N) is 2. The molecular formula is C16H14ClIN2. The Morgan fingerprint density at radius 3 is 2.75 bits per heavy atom. The Bertz CT molecular complexity index is 828. The summed E-state index contributed by atoms with van der Waals surface area (Å²) in [5.74, 6) is 0. The molecule has 0 saturated heterocycles. The van der Waals surface area contributed by atoms with E-state index in [4.69, 9.17) is 16.6 Å². The van der Waals surface area contributed by atoms with E-state index in [1.54, 1.807) is 6.08 Å². The molecule has 0 radical (unpaired) electrons. The van der Waals surface area contributed by atoms with Crippen molar-refractivity contribution >= 4 is 39.5 Å². The number of rotatable bonds is 1. The molecule has 0 aliphatic carbocycles. The molecule has 2 heterocycles. The lowest BCUT2D eigenvalue weighted by Gasteiger charge is -2.08. The number of pyridine rings is 2. The monoisotopic (exact) mass is 396 g/mol. The molecule has 102 valence electrons. The first-order valence-corrected chi connectivity index (χ1v) is 6.51. The van der Waals surface area contributed by atoms with E-state index in [0.717, 1.165) is 38.1 Å². The minimum atomic E-state index is 0. The van der Waals surface area contributed by atoms with Gasteiger partial charge in [0.1, 0.15) is 12.6 Å². The van der Waals surface area contributed by atoms with Gasteiger partial charge in [-0.15, -0.1) is 0 Å². The summed E-state index contributed by atoms with van der Waals surface area (Å²) >= 11 is 6.48. The highest BCUT2D eigenvalue weighted by Crippen LogP contribution is 2.31. The van der Waals surface area contributed by atoms with Crippen LogP contribution in [-0.2, 0) is 7.05 Å². The highest BCUT2D eigenvalue weighted by Gasteiger charge is 2.15. The largest absolute Gasteiger partial charge is 1.00 e. The molecule has 0 amide bonds. The van der Waals surface area contributed by atoms with Gasteiger partial charge in [-0.3, -0.25) is 0 Å². The molecule has 0 saturated carbocycles. The minimum absolute atomic E-state index is 0. The number of hydrogen-bond acceptors (Lipinski definition) is 1. The van der Waals surface area contributed by atoms with Gasteiger partial charge in [0.15, 0.2) is 6.20 Å². The molecule has 0 aliphatic rings. The minimum Gasteiger partial charge on any atom is -1.00 e. The summed E-state index contributed by atoms with van der Waals surface area (Å²) < 4.78 is 2.08. The first kappa shape index (κ1) is 15.2. The first-order chi connectivity index (χ1) is 9.13. The Kier molecular flexibility index (Phi) is 4.30.